The molecule has 1 aliphatic carbocycles. The summed E-state index contributed by atoms with van der Waals surface area (Å²) in [6, 6.07) is 6.61. The number of nitrogens with two attached hydrogens (primary N) is 1. The summed E-state index contributed by atoms with van der Waals surface area (Å²) in [6.45, 7) is 0.730. The highest BCUT2D eigenvalue weighted by Crippen LogP contribution is 2.41. The first-order valence-corrected chi connectivity index (χ1v) is 9.08. The van der Waals surface area contributed by atoms with E-state index in [1.807, 2.05) is 0 Å². The van der Waals surface area contributed by atoms with Gasteiger partial charge in [0.2, 0.25) is 15.2 Å². The fraction of sp³-hybridized carbons (Fsp3) is 0.385. The van der Waals surface area contributed by atoms with Crippen LogP contribution < -0.4 is 10.5 Å². The number of aromatic nitrogens is 2. The average molecular weight is 324 g/mol. The minimum absolute atomic E-state index is 0.136. The molecular formula is C13H16N4O2S2. The Hall–Kier alpha value is -1.51. The molecule has 1 fully saturated rings. The Morgan fingerprint density at radius 1 is 1.24 bits per heavy atom. The van der Waals surface area contributed by atoms with E-state index in [9.17, 15) is 8.42 Å². The molecule has 0 saturated heterocycles. The molecule has 0 bridgehead atoms. The molecule has 3 rings (SSSR count). The molecule has 0 aliphatic heterocycles. The van der Waals surface area contributed by atoms with Gasteiger partial charge < -0.3 is 5.32 Å². The van der Waals surface area contributed by atoms with E-state index in [0.29, 0.717) is 5.92 Å². The van der Waals surface area contributed by atoms with Crippen molar-refractivity contribution >= 4 is 26.5 Å². The summed E-state index contributed by atoms with van der Waals surface area (Å²) in [6.07, 6.45) is 3.24. The Morgan fingerprint density at radius 3 is 2.57 bits per heavy atom. The molecule has 0 unspecified atom stereocenters. The third-order valence-corrected chi connectivity index (χ3v) is 5.28. The van der Waals surface area contributed by atoms with Crippen LogP contribution >= 0.6 is 11.3 Å². The normalized spacial score (nSPS) is 15.1. The zero-order valence-corrected chi connectivity index (χ0v) is 13.0. The van der Waals surface area contributed by atoms with Crippen molar-refractivity contribution in [3.05, 3.63) is 34.8 Å². The number of nitrogens with zero attached hydrogens (tertiary/aromatic N) is 2. The van der Waals surface area contributed by atoms with E-state index in [1.165, 1.54) is 25.0 Å². The number of anilines is 1. The summed E-state index contributed by atoms with van der Waals surface area (Å²) in [7, 11) is -3.61. The lowest BCUT2D eigenvalue weighted by Gasteiger charge is -2.04. The summed E-state index contributed by atoms with van der Waals surface area (Å²) in [5.74, 6) is 0.629. The fourth-order valence-electron chi connectivity index (χ4n) is 1.96. The molecule has 0 spiro atoms. The van der Waals surface area contributed by atoms with Gasteiger partial charge in [0, 0.05) is 12.5 Å². The van der Waals surface area contributed by atoms with Gasteiger partial charge in [-0.05, 0) is 37.0 Å². The Kier molecular flexibility index (Phi) is 3.92. The summed E-state index contributed by atoms with van der Waals surface area (Å²) >= 11 is 1.62. The van der Waals surface area contributed by atoms with Crippen LogP contribution in [0, 0.1) is 0 Å². The summed E-state index contributed by atoms with van der Waals surface area (Å²) < 4.78 is 22.3. The first-order chi connectivity index (χ1) is 10.0. The third-order valence-electron chi connectivity index (χ3n) is 3.31. The van der Waals surface area contributed by atoms with E-state index >= 15 is 0 Å². The predicted octanol–water partition coefficient (Wildman–Crippen LogP) is 1.72. The molecular weight excluding hydrogens is 308 g/mol. The molecule has 1 saturated carbocycles. The second-order valence-electron chi connectivity index (χ2n) is 5.09. The number of rotatable bonds is 6. The van der Waals surface area contributed by atoms with Crippen LogP contribution in [-0.2, 0) is 16.4 Å². The van der Waals surface area contributed by atoms with Crippen LogP contribution in [0.25, 0.3) is 0 Å². The van der Waals surface area contributed by atoms with E-state index < -0.39 is 10.0 Å². The number of sulfonamides is 1. The molecule has 1 aromatic heterocycles. The SMILES string of the molecule is NS(=O)(=O)c1ccc(CCNc2nnc(C3CC3)s2)cc1. The molecule has 0 radical (unpaired) electrons. The van der Waals surface area contributed by atoms with Crippen molar-refractivity contribution in [1.82, 2.24) is 10.2 Å². The molecule has 8 heteroatoms. The minimum Gasteiger partial charge on any atom is -0.360 e. The minimum atomic E-state index is -3.61. The van der Waals surface area contributed by atoms with Crippen molar-refractivity contribution in [2.45, 2.75) is 30.1 Å². The Bertz CT molecular complexity index is 721. The number of benzene rings is 1. The quantitative estimate of drug-likeness (QED) is 0.843. The van der Waals surface area contributed by atoms with E-state index in [0.717, 1.165) is 28.7 Å². The maximum atomic E-state index is 11.2. The second-order valence-corrected chi connectivity index (χ2v) is 7.66. The van der Waals surface area contributed by atoms with Crippen LogP contribution in [0.1, 0.15) is 29.3 Å². The molecule has 0 amide bonds. The van der Waals surface area contributed by atoms with Gasteiger partial charge in [-0.25, -0.2) is 13.6 Å². The van der Waals surface area contributed by atoms with E-state index in [-0.39, 0.29) is 4.90 Å². The van der Waals surface area contributed by atoms with Gasteiger partial charge in [0.05, 0.1) is 4.90 Å². The molecule has 1 heterocycles. The van der Waals surface area contributed by atoms with Gasteiger partial charge >= 0.3 is 0 Å². The lowest BCUT2D eigenvalue weighted by atomic mass is 10.1. The van der Waals surface area contributed by atoms with Gasteiger partial charge in [0.15, 0.2) is 0 Å². The van der Waals surface area contributed by atoms with Crippen LogP contribution in [0.15, 0.2) is 29.2 Å². The Labute approximate surface area is 127 Å². The van der Waals surface area contributed by atoms with E-state index in [4.69, 9.17) is 5.14 Å². The van der Waals surface area contributed by atoms with Crippen molar-refractivity contribution < 1.29 is 8.42 Å². The monoisotopic (exact) mass is 324 g/mol. The molecule has 3 N–H and O–H groups in total. The highest BCUT2D eigenvalue weighted by molar-refractivity contribution is 7.89. The van der Waals surface area contributed by atoms with Crippen LogP contribution in [0.5, 0.6) is 0 Å². The lowest BCUT2D eigenvalue weighted by Crippen LogP contribution is -2.12. The summed E-state index contributed by atoms with van der Waals surface area (Å²) in [4.78, 5) is 0.136. The zero-order valence-electron chi connectivity index (χ0n) is 11.3. The lowest BCUT2D eigenvalue weighted by molar-refractivity contribution is 0.598. The van der Waals surface area contributed by atoms with Crippen LogP contribution in [0.3, 0.4) is 0 Å². The number of primary sulfonamides is 1. The van der Waals surface area contributed by atoms with Gasteiger partial charge in [-0.3, -0.25) is 0 Å². The summed E-state index contributed by atoms with van der Waals surface area (Å²) in [5, 5.41) is 18.6. The largest absolute Gasteiger partial charge is 0.360 e. The Morgan fingerprint density at radius 2 is 1.95 bits per heavy atom. The van der Waals surface area contributed by atoms with E-state index in [1.54, 1.807) is 23.5 Å². The first-order valence-electron chi connectivity index (χ1n) is 6.71. The number of hydrogen-bond donors (Lipinski definition) is 2. The number of hydrogen-bond acceptors (Lipinski definition) is 6. The van der Waals surface area contributed by atoms with Gasteiger partial charge in [-0.15, -0.1) is 10.2 Å². The van der Waals surface area contributed by atoms with Crippen molar-refractivity contribution in [2.75, 3.05) is 11.9 Å². The standard InChI is InChI=1S/C13H16N4O2S2/c14-21(18,19)11-5-1-9(2-6-11)7-8-15-13-17-16-12(20-13)10-3-4-10/h1-2,5-6,10H,3-4,7-8H2,(H,15,17)(H2,14,18,19). The van der Waals surface area contributed by atoms with Crippen molar-refractivity contribution in [3.8, 4) is 0 Å². The molecule has 112 valence electrons. The van der Waals surface area contributed by atoms with Crippen molar-refractivity contribution in [3.63, 3.8) is 0 Å². The fourth-order valence-corrected chi connectivity index (χ4v) is 3.41. The highest BCUT2D eigenvalue weighted by atomic mass is 32.2. The van der Waals surface area contributed by atoms with Crippen LogP contribution in [0.4, 0.5) is 5.13 Å². The zero-order chi connectivity index (χ0) is 14.9. The third kappa shape index (κ3) is 3.78. The maximum Gasteiger partial charge on any atom is 0.238 e. The molecule has 2 aromatic rings. The topological polar surface area (TPSA) is 98.0 Å². The molecule has 6 nitrogen and oxygen atoms in total. The smallest absolute Gasteiger partial charge is 0.238 e. The van der Waals surface area contributed by atoms with Crippen LogP contribution in [-0.4, -0.2) is 25.2 Å². The molecule has 21 heavy (non-hydrogen) atoms. The second kappa shape index (κ2) is 5.70. The number of nitrogens with one attached hydrogen (secondary N) is 1. The summed E-state index contributed by atoms with van der Waals surface area (Å²) in [5.41, 5.74) is 1.04. The van der Waals surface area contributed by atoms with E-state index in [2.05, 4.69) is 15.5 Å². The maximum absolute atomic E-state index is 11.2. The average Bonchev–Trinajstić information content (AvgIpc) is 3.19. The highest BCUT2D eigenvalue weighted by Gasteiger charge is 2.27. The van der Waals surface area contributed by atoms with Gasteiger partial charge in [0.25, 0.3) is 0 Å². The molecule has 1 aliphatic rings. The Balaban J connectivity index is 1.52. The van der Waals surface area contributed by atoms with Gasteiger partial charge in [0.1, 0.15) is 5.01 Å². The van der Waals surface area contributed by atoms with Crippen LogP contribution in [0.2, 0.25) is 0 Å². The molecule has 1 aromatic carbocycles. The first kappa shape index (κ1) is 14.4. The van der Waals surface area contributed by atoms with Gasteiger partial charge in [-0.2, -0.15) is 0 Å². The predicted molar refractivity (Wildman–Crippen MR) is 81.9 cm³/mol. The van der Waals surface area contributed by atoms with Crippen molar-refractivity contribution in [2.24, 2.45) is 5.14 Å². The van der Waals surface area contributed by atoms with Crippen molar-refractivity contribution in [1.29, 1.82) is 0 Å². The van der Waals surface area contributed by atoms with Gasteiger partial charge in [-0.1, -0.05) is 23.5 Å². The molecule has 0 atom stereocenters.